The van der Waals surface area contributed by atoms with Crippen LogP contribution in [-0.2, 0) is 4.79 Å². The largest absolute Gasteiger partial charge is 0.326 e. The van der Waals surface area contributed by atoms with Crippen molar-refractivity contribution < 1.29 is 27.2 Å². The monoisotopic (exact) mass is 530 g/mol. The van der Waals surface area contributed by atoms with Crippen molar-refractivity contribution in [2.24, 2.45) is 5.92 Å². The van der Waals surface area contributed by atoms with Crippen molar-refractivity contribution in [2.45, 2.75) is 10.3 Å². The molecule has 0 unspecified atom stereocenters. The number of anilines is 2. The van der Waals surface area contributed by atoms with Gasteiger partial charge >= 0.3 is 0 Å². The number of rotatable bonds is 5. The van der Waals surface area contributed by atoms with E-state index in [0.29, 0.717) is 6.07 Å². The second kappa shape index (κ2) is 9.09. The van der Waals surface area contributed by atoms with Crippen LogP contribution in [0.1, 0.15) is 21.8 Å². The summed E-state index contributed by atoms with van der Waals surface area (Å²) in [4.78, 5) is 25.4. The second-order valence-corrected chi connectivity index (χ2v) is 9.42. The maximum atomic E-state index is 13.9. The molecule has 11 heteroatoms. The Morgan fingerprint density at radius 2 is 1.56 bits per heavy atom. The van der Waals surface area contributed by atoms with E-state index in [1.165, 1.54) is 24.3 Å². The van der Waals surface area contributed by atoms with E-state index in [1.54, 1.807) is 0 Å². The summed E-state index contributed by atoms with van der Waals surface area (Å²) in [5, 5.41) is 4.84. The molecule has 0 bridgehead atoms. The summed E-state index contributed by atoms with van der Waals surface area (Å²) in [6.45, 7) is 0. The molecular formula is C23H13Cl3F4N2O2. The van der Waals surface area contributed by atoms with Gasteiger partial charge in [-0.2, -0.15) is 0 Å². The quantitative estimate of drug-likeness (QED) is 0.285. The lowest BCUT2D eigenvalue weighted by Crippen LogP contribution is -2.18. The van der Waals surface area contributed by atoms with Crippen LogP contribution < -0.4 is 10.6 Å². The predicted octanol–water partition coefficient (Wildman–Crippen LogP) is 6.67. The van der Waals surface area contributed by atoms with Crippen LogP contribution in [0, 0.1) is 29.2 Å². The van der Waals surface area contributed by atoms with Gasteiger partial charge in [-0.25, -0.2) is 17.6 Å². The number of halogens is 7. The molecule has 1 aliphatic rings. The van der Waals surface area contributed by atoms with Gasteiger partial charge in [0.05, 0.1) is 22.2 Å². The lowest BCUT2D eigenvalue weighted by Gasteiger charge is -2.11. The molecule has 34 heavy (non-hydrogen) atoms. The highest BCUT2D eigenvalue weighted by Gasteiger charge is 2.67. The van der Waals surface area contributed by atoms with E-state index in [2.05, 4.69) is 10.6 Å². The highest BCUT2D eigenvalue weighted by molar-refractivity contribution is 6.53. The molecule has 1 aliphatic carbocycles. The van der Waals surface area contributed by atoms with E-state index in [4.69, 9.17) is 34.8 Å². The summed E-state index contributed by atoms with van der Waals surface area (Å²) in [6, 6.07) is 9.75. The van der Waals surface area contributed by atoms with Crippen molar-refractivity contribution in [3.05, 3.63) is 94.0 Å². The van der Waals surface area contributed by atoms with Crippen LogP contribution in [0.3, 0.4) is 0 Å². The number of carbonyl (C=O) groups excluding carboxylic acids is 2. The second-order valence-electron chi connectivity index (χ2n) is 7.57. The summed E-state index contributed by atoms with van der Waals surface area (Å²) < 4.78 is 52.2. The molecule has 3 aromatic rings. The van der Waals surface area contributed by atoms with Gasteiger partial charge in [0.25, 0.3) is 5.91 Å². The first kappa shape index (κ1) is 24.3. The number of nitrogens with one attached hydrogen (secondary N) is 2. The van der Waals surface area contributed by atoms with Gasteiger partial charge in [-0.1, -0.05) is 17.7 Å². The maximum absolute atomic E-state index is 13.9. The molecule has 3 aromatic carbocycles. The first-order valence-electron chi connectivity index (χ1n) is 9.68. The van der Waals surface area contributed by atoms with Crippen LogP contribution in [0.25, 0.3) is 0 Å². The Bertz CT molecular complexity index is 1320. The molecule has 2 atom stereocenters. The SMILES string of the molecule is O=C(Nc1ccc(F)cc1F)c1cc(NC(=O)[C@@H]2[C@@H](c3ccc(F)c(F)c3)C2(Cl)Cl)ccc1Cl. The van der Waals surface area contributed by atoms with Crippen molar-refractivity contribution in [3.63, 3.8) is 0 Å². The third-order valence-electron chi connectivity index (χ3n) is 5.30. The fourth-order valence-electron chi connectivity index (χ4n) is 3.55. The van der Waals surface area contributed by atoms with Crippen LogP contribution >= 0.6 is 34.8 Å². The zero-order valence-electron chi connectivity index (χ0n) is 16.8. The molecule has 0 saturated heterocycles. The van der Waals surface area contributed by atoms with Crippen LogP contribution in [0.5, 0.6) is 0 Å². The van der Waals surface area contributed by atoms with Crippen LogP contribution in [0.2, 0.25) is 5.02 Å². The Kier molecular flexibility index (Phi) is 6.50. The molecule has 0 spiro atoms. The standard InChI is InChI=1S/C23H13Cl3F4N2O2/c24-14-4-3-12(9-13(14)21(33)32-18-6-2-11(27)8-17(18)30)31-22(34)20-19(23(20,25)26)10-1-5-15(28)16(29)7-10/h1-9,19-20H,(H,31,34)(H,32,33)/t19-,20+/m1/s1. The van der Waals surface area contributed by atoms with Crippen molar-refractivity contribution in [2.75, 3.05) is 10.6 Å². The van der Waals surface area contributed by atoms with Crippen LogP contribution in [0.4, 0.5) is 28.9 Å². The van der Waals surface area contributed by atoms with Gasteiger partial charge in [0.2, 0.25) is 5.91 Å². The zero-order valence-corrected chi connectivity index (χ0v) is 19.1. The first-order chi connectivity index (χ1) is 16.0. The topological polar surface area (TPSA) is 58.2 Å². The fraction of sp³-hybridized carbons (Fsp3) is 0.130. The lowest BCUT2D eigenvalue weighted by molar-refractivity contribution is -0.117. The highest BCUT2D eigenvalue weighted by atomic mass is 35.5. The highest BCUT2D eigenvalue weighted by Crippen LogP contribution is 2.65. The number of benzene rings is 3. The minimum atomic E-state index is -1.55. The molecular weight excluding hydrogens is 519 g/mol. The number of alkyl halides is 2. The van der Waals surface area contributed by atoms with Gasteiger partial charge < -0.3 is 10.6 Å². The first-order valence-corrected chi connectivity index (χ1v) is 10.8. The number of hydrogen-bond acceptors (Lipinski definition) is 2. The zero-order chi connectivity index (χ0) is 24.8. The van der Waals surface area contributed by atoms with Crippen molar-refractivity contribution in [3.8, 4) is 0 Å². The lowest BCUT2D eigenvalue weighted by atomic mass is 10.1. The summed E-state index contributed by atoms with van der Waals surface area (Å²) in [5.41, 5.74) is 0.0400. The Balaban J connectivity index is 1.51. The van der Waals surface area contributed by atoms with Gasteiger partial charge in [0, 0.05) is 17.7 Å². The molecule has 1 saturated carbocycles. The van der Waals surface area contributed by atoms with E-state index in [-0.39, 0.29) is 27.5 Å². The summed E-state index contributed by atoms with van der Waals surface area (Å²) >= 11 is 18.5. The third-order valence-corrected chi connectivity index (χ3v) is 6.57. The molecule has 2 amide bonds. The van der Waals surface area contributed by atoms with Crippen molar-refractivity contribution in [1.29, 1.82) is 0 Å². The van der Waals surface area contributed by atoms with Gasteiger partial charge in [0.1, 0.15) is 16.0 Å². The molecule has 0 radical (unpaired) electrons. The van der Waals surface area contributed by atoms with Crippen molar-refractivity contribution >= 4 is 58.0 Å². The average molecular weight is 532 g/mol. The normalized spacial score (nSPS) is 18.3. The molecule has 2 N–H and O–H groups in total. The molecule has 0 heterocycles. The van der Waals surface area contributed by atoms with Gasteiger partial charge in [0.15, 0.2) is 11.6 Å². The van der Waals surface area contributed by atoms with E-state index in [9.17, 15) is 27.2 Å². The average Bonchev–Trinajstić information content (AvgIpc) is 3.35. The minimum Gasteiger partial charge on any atom is -0.326 e. The van der Waals surface area contributed by atoms with E-state index in [1.807, 2.05) is 0 Å². The van der Waals surface area contributed by atoms with E-state index >= 15 is 0 Å². The summed E-state index contributed by atoms with van der Waals surface area (Å²) in [5.74, 6) is -7.14. The Labute approximate surface area is 205 Å². The molecule has 0 aromatic heterocycles. The number of hydrogen-bond donors (Lipinski definition) is 2. The summed E-state index contributed by atoms with van der Waals surface area (Å²) in [7, 11) is 0. The Morgan fingerprint density at radius 3 is 2.24 bits per heavy atom. The predicted molar refractivity (Wildman–Crippen MR) is 121 cm³/mol. The van der Waals surface area contributed by atoms with Crippen LogP contribution in [0.15, 0.2) is 54.6 Å². The minimum absolute atomic E-state index is 0.00754. The Morgan fingerprint density at radius 1 is 0.824 bits per heavy atom. The number of carbonyl (C=O) groups is 2. The fourth-order valence-corrected chi connectivity index (χ4v) is 4.58. The van der Waals surface area contributed by atoms with E-state index < -0.39 is 51.3 Å². The molecule has 4 rings (SSSR count). The van der Waals surface area contributed by atoms with Crippen LogP contribution in [-0.4, -0.2) is 16.1 Å². The third kappa shape index (κ3) is 4.71. The van der Waals surface area contributed by atoms with Gasteiger partial charge in [-0.15, -0.1) is 23.2 Å². The molecule has 0 aliphatic heterocycles. The summed E-state index contributed by atoms with van der Waals surface area (Å²) in [6.07, 6.45) is 0. The smallest absolute Gasteiger partial charge is 0.257 e. The van der Waals surface area contributed by atoms with E-state index in [0.717, 1.165) is 24.3 Å². The van der Waals surface area contributed by atoms with Gasteiger partial charge in [-0.05, 0) is 48.0 Å². The Hall–Kier alpha value is -2.81. The van der Waals surface area contributed by atoms with Gasteiger partial charge in [-0.3, -0.25) is 9.59 Å². The molecule has 1 fully saturated rings. The maximum Gasteiger partial charge on any atom is 0.257 e. The molecule has 176 valence electrons. The molecule has 4 nitrogen and oxygen atoms in total. The number of amides is 2. The van der Waals surface area contributed by atoms with Crippen molar-refractivity contribution in [1.82, 2.24) is 0 Å².